The average Bonchev–Trinajstić information content (AvgIpc) is 2.98. The van der Waals surface area contributed by atoms with E-state index >= 15 is 0 Å². The predicted molar refractivity (Wildman–Crippen MR) is 109 cm³/mol. The Kier molecular flexibility index (Phi) is 6.38. The number of anilines is 1. The second-order valence-corrected chi connectivity index (χ2v) is 8.87. The molecule has 1 atom stereocenters. The minimum Gasteiger partial charge on any atom is -0.355 e. The van der Waals surface area contributed by atoms with E-state index in [-0.39, 0.29) is 11.8 Å². The van der Waals surface area contributed by atoms with Gasteiger partial charge in [0.2, 0.25) is 5.91 Å². The topological polar surface area (TPSA) is 58.2 Å². The van der Waals surface area contributed by atoms with E-state index in [2.05, 4.69) is 17.6 Å². The van der Waals surface area contributed by atoms with Crippen LogP contribution in [0.25, 0.3) is 0 Å². The summed E-state index contributed by atoms with van der Waals surface area (Å²) in [7, 11) is 1.64. The molecule has 4 nitrogen and oxygen atoms in total. The molecule has 3 rings (SSSR count). The van der Waals surface area contributed by atoms with E-state index in [0.717, 1.165) is 29.7 Å². The molecule has 0 saturated carbocycles. The zero-order valence-electron chi connectivity index (χ0n) is 15.1. The highest BCUT2D eigenvalue weighted by atomic mass is 32.2. The standard InChI is InChI=1S/C20H24N2O2S2/c1-13-8-9-15-16(12-13)26-20(18(15)19(24)21-2)22-17(23)10-11-25-14-6-4-3-5-7-14/h3-7,13H,8-12H2,1-2H3,(H,21,24)(H,22,23)/t13-/m0/s1. The van der Waals surface area contributed by atoms with Crippen LogP contribution in [0.5, 0.6) is 0 Å². The fraction of sp³-hybridized carbons (Fsp3) is 0.400. The first-order valence-electron chi connectivity index (χ1n) is 8.92. The minimum atomic E-state index is -0.106. The summed E-state index contributed by atoms with van der Waals surface area (Å²) in [5, 5.41) is 6.42. The van der Waals surface area contributed by atoms with Gasteiger partial charge in [-0.1, -0.05) is 25.1 Å². The summed E-state index contributed by atoms with van der Waals surface area (Å²) in [6.45, 7) is 2.24. The van der Waals surface area contributed by atoms with E-state index in [1.165, 1.54) is 4.88 Å². The first-order valence-corrected chi connectivity index (χ1v) is 10.7. The maximum atomic E-state index is 12.4. The lowest BCUT2D eigenvalue weighted by Gasteiger charge is -2.18. The number of thiophene rings is 1. The van der Waals surface area contributed by atoms with Gasteiger partial charge >= 0.3 is 0 Å². The first kappa shape index (κ1) is 19.0. The lowest BCUT2D eigenvalue weighted by molar-refractivity contribution is -0.115. The van der Waals surface area contributed by atoms with Crippen LogP contribution in [-0.2, 0) is 17.6 Å². The number of carbonyl (C=O) groups excluding carboxylic acids is 2. The van der Waals surface area contributed by atoms with Crippen LogP contribution in [-0.4, -0.2) is 24.6 Å². The van der Waals surface area contributed by atoms with E-state index in [1.54, 1.807) is 30.1 Å². The number of nitrogens with one attached hydrogen (secondary N) is 2. The molecule has 0 spiro atoms. The van der Waals surface area contributed by atoms with Gasteiger partial charge in [0.1, 0.15) is 5.00 Å². The molecule has 1 aromatic carbocycles. The van der Waals surface area contributed by atoms with Gasteiger partial charge in [-0.2, -0.15) is 0 Å². The summed E-state index contributed by atoms with van der Waals surface area (Å²) in [5.41, 5.74) is 1.80. The summed E-state index contributed by atoms with van der Waals surface area (Å²) >= 11 is 3.23. The third-order valence-corrected chi connectivity index (χ3v) is 6.74. The highest BCUT2D eigenvalue weighted by Crippen LogP contribution is 2.39. The van der Waals surface area contributed by atoms with Crippen LogP contribution in [0.1, 0.15) is 40.6 Å². The van der Waals surface area contributed by atoms with E-state index in [4.69, 9.17) is 0 Å². The Morgan fingerprint density at radius 2 is 2.04 bits per heavy atom. The van der Waals surface area contributed by atoms with Crippen LogP contribution < -0.4 is 10.6 Å². The number of thioether (sulfide) groups is 1. The summed E-state index contributed by atoms with van der Waals surface area (Å²) in [5.74, 6) is 1.20. The van der Waals surface area contributed by atoms with E-state index in [9.17, 15) is 9.59 Å². The second kappa shape index (κ2) is 8.73. The zero-order valence-corrected chi connectivity index (χ0v) is 16.8. The smallest absolute Gasteiger partial charge is 0.254 e. The van der Waals surface area contributed by atoms with Gasteiger partial charge in [-0.25, -0.2) is 0 Å². The predicted octanol–water partition coefficient (Wildman–Crippen LogP) is 4.35. The molecule has 1 aliphatic carbocycles. The van der Waals surface area contributed by atoms with Crippen LogP contribution in [0.4, 0.5) is 5.00 Å². The van der Waals surface area contributed by atoms with Gasteiger partial charge in [-0.15, -0.1) is 23.1 Å². The van der Waals surface area contributed by atoms with Gasteiger partial charge < -0.3 is 10.6 Å². The quantitative estimate of drug-likeness (QED) is 0.723. The Bertz CT molecular complexity index is 787. The Morgan fingerprint density at radius 3 is 2.77 bits per heavy atom. The van der Waals surface area contributed by atoms with Crippen molar-refractivity contribution in [3.63, 3.8) is 0 Å². The summed E-state index contributed by atoms with van der Waals surface area (Å²) in [4.78, 5) is 27.2. The SMILES string of the molecule is CNC(=O)c1c(NC(=O)CCSc2ccccc2)sc2c1CC[C@H](C)C2. The molecule has 0 fully saturated rings. The van der Waals surface area contributed by atoms with Crippen LogP contribution in [0.3, 0.4) is 0 Å². The second-order valence-electron chi connectivity index (χ2n) is 6.59. The minimum absolute atomic E-state index is 0.0368. The molecule has 0 bridgehead atoms. The fourth-order valence-corrected chi connectivity index (χ4v) is 5.47. The van der Waals surface area contributed by atoms with Crippen molar-refractivity contribution in [3.8, 4) is 0 Å². The lowest BCUT2D eigenvalue weighted by atomic mass is 9.88. The largest absolute Gasteiger partial charge is 0.355 e. The Morgan fingerprint density at radius 1 is 1.27 bits per heavy atom. The Balaban J connectivity index is 1.66. The molecule has 1 aliphatic rings. The van der Waals surface area contributed by atoms with Gasteiger partial charge in [0.15, 0.2) is 0 Å². The van der Waals surface area contributed by atoms with E-state index < -0.39 is 0 Å². The van der Waals surface area contributed by atoms with Crippen LogP contribution in [0.2, 0.25) is 0 Å². The zero-order chi connectivity index (χ0) is 18.5. The molecule has 2 N–H and O–H groups in total. The number of rotatable bonds is 6. The van der Waals surface area contributed by atoms with Crippen molar-refractivity contribution in [1.82, 2.24) is 5.32 Å². The van der Waals surface area contributed by atoms with Crippen molar-refractivity contribution in [2.45, 2.75) is 37.5 Å². The van der Waals surface area contributed by atoms with Crippen molar-refractivity contribution in [2.24, 2.45) is 5.92 Å². The van der Waals surface area contributed by atoms with Gasteiger partial charge in [-0.05, 0) is 42.9 Å². The molecule has 138 valence electrons. The molecule has 0 saturated heterocycles. The van der Waals surface area contributed by atoms with Crippen molar-refractivity contribution in [2.75, 3.05) is 18.1 Å². The Labute approximate surface area is 162 Å². The fourth-order valence-electron chi connectivity index (χ4n) is 3.17. The molecule has 1 heterocycles. The summed E-state index contributed by atoms with van der Waals surface area (Å²) in [6, 6.07) is 10.1. The Hall–Kier alpha value is -1.79. The highest BCUT2D eigenvalue weighted by Gasteiger charge is 2.27. The number of amides is 2. The summed E-state index contributed by atoms with van der Waals surface area (Å²) < 4.78 is 0. The van der Waals surface area contributed by atoms with Gasteiger partial charge in [-0.3, -0.25) is 9.59 Å². The molecule has 6 heteroatoms. The highest BCUT2D eigenvalue weighted by molar-refractivity contribution is 7.99. The molecule has 0 radical (unpaired) electrons. The molecule has 2 aromatic rings. The third-order valence-electron chi connectivity index (χ3n) is 4.56. The van der Waals surface area contributed by atoms with Crippen molar-refractivity contribution >= 4 is 39.9 Å². The molecular formula is C20H24N2O2S2. The van der Waals surface area contributed by atoms with Gasteiger partial charge in [0.05, 0.1) is 5.56 Å². The number of fused-ring (bicyclic) bond motifs is 1. The normalized spacial score (nSPS) is 16.0. The number of carbonyl (C=O) groups is 2. The van der Waals surface area contributed by atoms with E-state index in [0.29, 0.717) is 28.7 Å². The van der Waals surface area contributed by atoms with Crippen molar-refractivity contribution in [3.05, 3.63) is 46.3 Å². The van der Waals surface area contributed by atoms with E-state index in [1.807, 2.05) is 30.3 Å². The molecule has 1 aromatic heterocycles. The molecule has 0 unspecified atom stereocenters. The summed E-state index contributed by atoms with van der Waals surface area (Å²) in [6.07, 6.45) is 3.42. The monoisotopic (exact) mass is 388 g/mol. The van der Waals surface area contributed by atoms with Crippen molar-refractivity contribution < 1.29 is 9.59 Å². The first-order chi connectivity index (χ1) is 12.6. The number of hydrogen-bond donors (Lipinski definition) is 2. The maximum absolute atomic E-state index is 12.4. The van der Waals surface area contributed by atoms with Crippen LogP contribution in [0, 0.1) is 5.92 Å². The molecule has 0 aliphatic heterocycles. The number of benzene rings is 1. The van der Waals surface area contributed by atoms with Crippen LogP contribution in [0.15, 0.2) is 35.2 Å². The number of hydrogen-bond acceptors (Lipinski definition) is 4. The molecule has 2 amide bonds. The maximum Gasteiger partial charge on any atom is 0.254 e. The lowest BCUT2D eigenvalue weighted by Crippen LogP contribution is -2.22. The van der Waals surface area contributed by atoms with Crippen molar-refractivity contribution in [1.29, 1.82) is 0 Å². The molecule has 26 heavy (non-hydrogen) atoms. The van der Waals surface area contributed by atoms with Gasteiger partial charge in [0, 0.05) is 29.0 Å². The third kappa shape index (κ3) is 4.48. The average molecular weight is 389 g/mol. The van der Waals surface area contributed by atoms with Crippen LogP contribution >= 0.6 is 23.1 Å². The molecular weight excluding hydrogens is 364 g/mol. The van der Waals surface area contributed by atoms with Gasteiger partial charge in [0.25, 0.3) is 5.91 Å².